The molecule has 16 heavy (non-hydrogen) atoms. The summed E-state index contributed by atoms with van der Waals surface area (Å²) >= 11 is 0. The van der Waals surface area contributed by atoms with Gasteiger partial charge < -0.3 is 5.11 Å². The molecule has 5 heteroatoms. The molecule has 0 radical (unpaired) electrons. The molecule has 86 valence electrons. The van der Waals surface area contributed by atoms with Crippen LogP contribution in [0.5, 0.6) is 0 Å². The maximum absolute atomic E-state index is 12.4. The molecule has 0 aliphatic rings. The fourth-order valence-corrected chi connectivity index (χ4v) is 1.28. The van der Waals surface area contributed by atoms with Crippen LogP contribution in [0, 0.1) is 6.92 Å². The number of aliphatic carboxylic acids is 1. The molecule has 1 aromatic rings. The predicted octanol–water partition coefficient (Wildman–Crippen LogP) is 3.11. The van der Waals surface area contributed by atoms with Gasteiger partial charge in [0, 0.05) is 6.08 Å². The Morgan fingerprint density at radius 3 is 2.44 bits per heavy atom. The molecule has 0 bridgehead atoms. The summed E-state index contributed by atoms with van der Waals surface area (Å²) in [4.78, 5) is 10.2. The highest BCUT2D eigenvalue weighted by Gasteiger charge is 2.31. The van der Waals surface area contributed by atoms with Gasteiger partial charge in [0.25, 0.3) is 0 Å². The molecule has 0 aliphatic heterocycles. The first kappa shape index (κ1) is 12.3. The second-order valence-electron chi connectivity index (χ2n) is 3.24. The molecular formula is C11H9F3O2. The summed E-state index contributed by atoms with van der Waals surface area (Å²) in [5, 5.41) is 8.36. The Hall–Kier alpha value is -1.78. The number of hydrogen-bond donors (Lipinski definition) is 1. The van der Waals surface area contributed by atoms with Crippen molar-refractivity contribution in [1.82, 2.24) is 0 Å². The van der Waals surface area contributed by atoms with Crippen LogP contribution in [0.15, 0.2) is 24.3 Å². The van der Waals surface area contributed by atoms with E-state index >= 15 is 0 Å². The summed E-state index contributed by atoms with van der Waals surface area (Å²) < 4.78 is 37.1. The van der Waals surface area contributed by atoms with Crippen molar-refractivity contribution in [2.75, 3.05) is 0 Å². The van der Waals surface area contributed by atoms with Crippen molar-refractivity contribution < 1.29 is 23.1 Å². The first-order valence-corrected chi connectivity index (χ1v) is 4.39. The Morgan fingerprint density at radius 2 is 2.00 bits per heavy atom. The van der Waals surface area contributed by atoms with Crippen LogP contribution < -0.4 is 0 Å². The molecular weight excluding hydrogens is 221 g/mol. The molecule has 0 amide bonds. The number of aryl methyl sites for hydroxylation is 1. The minimum Gasteiger partial charge on any atom is -0.478 e. The second kappa shape index (κ2) is 4.38. The van der Waals surface area contributed by atoms with Crippen molar-refractivity contribution in [1.29, 1.82) is 0 Å². The maximum Gasteiger partial charge on any atom is 0.416 e. The second-order valence-corrected chi connectivity index (χ2v) is 3.24. The van der Waals surface area contributed by atoms with Crippen molar-refractivity contribution >= 4 is 12.0 Å². The van der Waals surface area contributed by atoms with Gasteiger partial charge in [0.15, 0.2) is 0 Å². The maximum atomic E-state index is 12.4. The van der Waals surface area contributed by atoms with Crippen LogP contribution in [0.3, 0.4) is 0 Å². The van der Waals surface area contributed by atoms with Crippen molar-refractivity contribution in [3.8, 4) is 0 Å². The molecule has 1 N–H and O–H groups in total. The zero-order valence-electron chi connectivity index (χ0n) is 8.38. The van der Waals surface area contributed by atoms with Crippen LogP contribution in [-0.4, -0.2) is 11.1 Å². The lowest BCUT2D eigenvalue weighted by Crippen LogP contribution is -2.07. The Morgan fingerprint density at radius 1 is 1.38 bits per heavy atom. The lowest BCUT2D eigenvalue weighted by Gasteiger charge is -2.10. The molecule has 1 aromatic carbocycles. The van der Waals surface area contributed by atoms with E-state index in [2.05, 4.69) is 0 Å². The van der Waals surface area contributed by atoms with Gasteiger partial charge in [0.1, 0.15) is 0 Å². The van der Waals surface area contributed by atoms with Gasteiger partial charge in [-0.05, 0) is 30.2 Å². The average molecular weight is 230 g/mol. The summed E-state index contributed by atoms with van der Waals surface area (Å²) in [6.45, 7) is 1.33. The van der Waals surface area contributed by atoms with Gasteiger partial charge in [-0.15, -0.1) is 0 Å². The van der Waals surface area contributed by atoms with E-state index in [1.165, 1.54) is 25.1 Å². The van der Waals surface area contributed by atoms with Gasteiger partial charge in [-0.3, -0.25) is 0 Å². The Balaban J connectivity index is 3.05. The lowest BCUT2D eigenvalue weighted by atomic mass is 10.0. The average Bonchev–Trinajstić information content (AvgIpc) is 2.12. The number of rotatable bonds is 2. The number of benzene rings is 1. The topological polar surface area (TPSA) is 37.3 Å². The monoisotopic (exact) mass is 230 g/mol. The van der Waals surface area contributed by atoms with Crippen LogP contribution in [0.1, 0.15) is 16.7 Å². The summed E-state index contributed by atoms with van der Waals surface area (Å²) in [6, 6.07) is 3.47. The van der Waals surface area contributed by atoms with E-state index in [1.807, 2.05) is 0 Å². The van der Waals surface area contributed by atoms with Crippen molar-refractivity contribution in [3.05, 3.63) is 41.0 Å². The van der Waals surface area contributed by atoms with Crippen LogP contribution in [-0.2, 0) is 11.0 Å². The Bertz CT molecular complexity index is 433. The molecule has 0 saturated carbocycles. The van der Waals surface area contributed by atoms with E-state index in [0.29, 0.717) is 5.56 Å². The van der Waals surface area contributed by atoms with E-state index < -0.39 is 17.7 Å². The van der Waals surface area contributed by atoms with Gasteiger partial charge in [-0.25, -0.2) is 4.79 Å². The highest BCUT2D eigenvalue weighted by atomic mass is 19.4. The van der Waals surface area contributed by atoms with Crippen LogP contribution in [0.25, 0.3) is 6.08 Å². The van der Waals surface area contributed by atoms with Crippen molar-refractivity contribution in [3.63, 3.8) is 0 Å². The molecule has 0 unspecified atom stereocenters. The molecule has 0 atom stereocenters. The smallest absolute Gasteiger partial charge is 0.416 e. The summed E-state index contributed by atoms with van der Waals surface area (Å²) in [7, 11) is 0. The van der Waals surface area contributed by atoms with E-state index in [4.69, 9.17) is 5.11 Å². The minimum absolute atomic E-state index is 0.0695. The molecule has 2 nitrogen and oxygen atoms in total. The largest absolute Gasteiger partial charge is 0.478 e. The fourth-order valence-electron chi connectivity index (χ4n) is 1.28. The standard InChI is InChI=1S/C11H9F3O2/c1-7-6-8(3-5-10(15)16)2-4-9(7)11(12,13)14/h2-6H,1H3,(H,15,16). The summed E-state index contributed by atoms with van der Waals surface area (Å²) in [6.07, 6.45) is -2.25. The van der Waals surface area contributed by atoms with Gasteiger partial charge in [-0.1, -0.05) is 12.1 Å². The minimum atomic E-state index is -4.38. The quantitative estimate of drug-likeness (QED) is 0.792. The molecule has 0 saturated heterocycles. The first-order valence-electron chi connectivity index (χ1n) is 4.39. The number of carbonyl (C=O) groups is 1. The molecule has 1 rings (SSSR count). The number of alkyl halides is 3. The normalized spacial score (nSPS) is 12.0. The summed E-state index contributed by atoms with van der Waals surface area (Å²) in [5.74, 6) is -1.14. The van der Waals surface area contributed by atoms with Crippen molar-refractivity contribution in [2.24, 2.45) is 0 Å². The molecule has 0 aromatic heterocycles. The van der Waals surface area contributed by atoms with Crippen LogP contribution >= 0.6 is 0 Å². The van der Waals surface area contributed by atoms with Crippen LogP contribution in [0.4, 0.5) is 13.2 Å². The number of carboxylic acids is 1. The zero-order chi connectivity index (χ0) is 12.3. The first-order chi connectivity index (χ1) is 7.30. The number of hydrogen-bond acceptors (Lipinski definition) is 1. The van der Waals surface area contributed by atoms with E-state index in [9.17, 15) is 18.0 Å². The summed E-state index contributed by atoms with van der Waals surface area (Å²) in [5.41, 5.74) is -0.215. The van der Waals surface area contributed by atoms with Gasteiger partial charge in [0.05, 0.1) is 5.56 Å². The third kappa shape index (κ3) is 3.12. The zero-order valence-corrected chi connectivity index (χ0v) is 8.38. The Kier molecular flexibility index (Phi) is 3.37. The molecule has 0 aliphatic carbocycles. The highest BCUT2D eigenvalue weighted by molar-refractivity contribution is 5.85. The van der Waals surface area contributed by atoms with Crippen molar-refractivity contribution in [2.45, 2.75) is 13.1 Å². The molecule has 0 spiro atoms. The third-order valence-electron chi connectivity index (χ3n) is 1.97. The highest BCUT2D eigenvalue weighted by Crippen LogP contribution is 2.32. The number of halogens is 3. The predicted molar refractivity (Wildman–Crippen MR) is 52.9 cm³/mol. The van der Waals surface area contributed by atoms with E-state index in [1.54, 1.807) is 0 Å². The third-order valence-corrected chi connectivity index (χ3v) is 1.97. The van der Waals surface area contributed by atoms with Gasteiger partial charge in [-0.2, -0.15) is 13.2 Å². The Labute approximate surface area is 90.0 Å². The van der Waals surface area contributed by atoms with Crippen LogP contribution in [0.2, 0.25) is 0 Å². The number of carboxylic acid groups (broad SMARTS) is 1. The molecule has 0 fully saturated rings. The van der Waals surface area contributed by atoms with E-state index in [-0.39, 0.29) is 5.56 Å². The molecule has 0 heterocycles. The van der Waals surface area contributed by atoms with Gasteiger partial charge in [0.2, 0.25) is 0 Å². The fraction of sp³-hybridized carbons (Fsp3) is 0.182. The lowest BCUT2D eigenvalue weighted by molar-refractivity contribution is -0.138. The van der Waals surface area contributed by atoms with Gasteiger partial charge >= 0.3 is 12.1 Å². The van der Waals surface area contributed by atoms with E-state index in [0.717, 1.165) is 12.1 Å². The SMILES string of the molecule is Cc1cc(C=CC(=O)O)ccc1C(F)(F)F.